The fraction of sp³-hybridized carbons (Fsp3) is 0.211. The van der Waals surface area contributed by atoms with Gasteiger partial charge in [0.05, 0.1) is 6.54 Å². The zero-order valence-corrected chi connectivity index (χ0v) is 13.9. The zero-order valence-electron chi connectivity index (χ0n) is 13.9. The van der Waals surface area contributed by atoms with Crippen molar-refractivity contribution in [1.82, 2.24) is 14.5 Å². The predicted molar refractivity (Wildman–Crippen MR) is 93.4 cm³/mol. The van der Waals surface area contributed by atoms with E-state index in [0.717, 1.165) is 11.4 Å². The molecule has 0 fully saturated rings. The summed E-state index contributed by atoms with van der Waals surface area (Å²) >= 11 is 0. The molecule has 0 spiro atoms. The number of benzene rings is 1. The molecule has 0 saturated heterocycles. The Morgan fingerprint density at radius 3 is 2.72 bits per heavy atom. The molecule has 25 heavy (non-hydrogen) atoms. The van der Waals surface area contributed by atoms with Crippen LogP contribution in [-0.4, -0.2) is 38.1 Å². The molecule has 128 valence electrons. The van der Waals surface area contributed by atoms with Crippen LogP contribution in [0.25, 0.3) is 11.4 Å². The number of pyridine rings is 1. The summed E-state index contributed by atoms with van der Waals surface area (Å²) in [6, 6.07) is 10.6. The van der Waals surface area contributed by atoms with Crippen molar-refractivity contribution in [2.24, 2.45) is 0 Å². The number of rotatable bonds is 7. The molecule has 3 rings (SSSR count). The van der Waals surface area contributed by atoms with Gasteiger partial charge in [0.25, 0.3) is 0 Å². The van der Waals surface area contributed by atoms with Crippen molar-refractivity contribution >= 4 is 5.78 Å². The highest BCUT2D eigenvalue weighted by molar-refractivity contribution is 5.94. The van der Waals surface area contributed by atoms with Crippen molar-refractivity contribution in [2.75, 3.05) is 6.61 Å². The fourth-order valence-corrected chi connectivity index (χ4v) is 2.47. The number of hydrogen-bond acceptors (Lipinski definition) is 5. The number of Topliss-reactive ketones (excluding diaryl/α,β-unsaturated/α-hetero) is 1. The summed E-state index contributed by atoms with van der Waals surface area (Å²) in [5.74, 6) is 1.37. The van der Waals surface area contributed by atoms with E-state index >= 15 is 0 Å². The van der Waals surface area contributed by atoms with Gasteiger partial charge in [-0.25, -0.2) is 4.98 Å². The Morgan fingerprint density at radius 1 is 1.24 bits per heavy atom. The van der Waals surface area contributed by atoms with Crippen LogP contribution < -0.4 is 4.74 Å². The first-order valence-electron chi connectivity index (χ1n) is 7.97. The van der Waals surface area contributed by atoms with E-state index < -0.39 is 6.10 Å². The standard InChI is InChI=1S/C19H19N3O3/c1-14(23)15-4-6-18(7-5-15)25-13-17(24)12-22-10-9-21-19(22)16-3-2-8-20-11-16/h2-11,17,24H,12-13H2,1H3. The van der Waals surface area contributed by atoms with E-state index in [9.17, 15) is 9.90 Å². The summed E-state index contributed by atoms with van der Waals surface area (Å²) in [6.07, 6.45) is 6.25. The van der Waals surface area contributed by atoms with E-state index in [4.69, 9.17) is 4.74 Å². The summed E-state index contributed by atoms with van der Waals surface area (Å²) in [4.78, 5) is 19.7. The van der Waals surface area contributed by atoms with Gasteiger partial charge in [-0.2, -0.15) is 0 Å². The van der Waals surface area contributed by atoms with Crippen molar-refractivity contribution in [3.8, 4) is 17.1 Å². The monoisotopic (exact) mass is 337 g/mol. The Morgan fingerprint density at radius 2 is 2.04 bits per heavy atom. The number of aromatic nitrogens is 3. The van der Waals surface area contributed by atoms with Gasteiger partial charge in [-0.05, 0) is 43.3 Å². The number of aliphatic hydroxyl groups is 1. The fourth-order valence-electron chi connectivity index (χ4n) is 2.47. The molecule has 0 aliphatic rings. The SMILES string of the molecule is CC(=O)c1ccc(OCC(O)Cn2ccnc2-c2cccnc2)cc1. The molecule has 0 radical (unpaired) electrons. The molecule has 2 aromatic heterocycles. The average molecular weight is 337 g/mol. The molecule has 6 heteroatoms. The third-order valence-electron chi connectivity index (χ3n) is 3.75. The minimum atomic E-state index is -0.697. The lowest BCUT2D eigenvalue weighted by molar-refractivity contribution is 0.0927. The Balaban J connectivity index is 1.59. The number of ketones is 1. The van der Waals surface area contributed by atoms with Crippen molar-refractivity contribution < 1.29 is 14.6 Å². The smallest absolute Gasteiger partial charge is 0.159 e. The van der Waals surface area contributed by atoms with E-state index in [1.54, 1.807) is 42.9 Å². The van der Waals surface area contributed by atoms with Crippen LogP contribution in [0.3, 0.4) is 0 Å². The molecule has 0 amide bonds. The van der Waals surface area contributed by atoms with Gasteiger partial charge >= 0.3 is 0 Å². The quantitative estimate of drug-likeness (QED) is 0.671. The van der Waals surface area contributed by atoms with Crippen LogP contribution in [-0.2, 0) is 6.54 Å². The minimum Gasteiger partial charge on any atom is -0.491 e. The zero-order chi connectivity index (χ0) is 17.6. The molecule has 1 atom stereocenters. The molecule has 3 aromatic rings. The summed E-state index contributed by atoms with van der Waals surface area (Å²) < 4.78 is 7.45. The number of imidazole rings is 1. The topological polar surface area (TPSA) is 77.2 Å². The molecule has 0 bridgehead atoms. The highest BCUT2D eigenvalue weighted by Gasteiger charge is 2.11. The second kappa shape index (κ2) is 7.72. The highest BCUT2D eigenvalue weighted by Crippen LogP contribution is 2.17. The van der Waals surface area contributed by atoms with Crippen LogP contribution in [0.5, 0.6) is 5.75 Å². The van der Waals surface area contributed by atoms with Crippen LogP contribution in [0.1, 0.15) is 17.3 Å². The molecular formula is C19H19N3O3. The minimum absolute atomic E-state index is 0.00891. The Kier molecular flexibility index (Phi) is 5.20. The van der Waals surface area contributed by atoms with E-state index in [1.807, 2.05) is 22.9 Å². The number of carbonyl (C=O) groups is 1. The molecular weight excluding hydrogens is 318 g/mol. The van der Waals surface area contributed by atoms with Gasteiger partial charge in [-0.15, -0.1) is 0 Å². The second-order valence-electron chi connectivity index (χ2n) is 5.69. The molecule has 0 saturated carbocycles. The maximum Gasteiger partial charge on any atom is 0.159 e. The van der Waals surface area contributed by atoms with E-state index in [2.05, 4.69) is 9.97 Å². The first-order chi connectivity index (χ1) is 12.1. The lowest BCUT2D eigenvalue weighted by Crippen LogP contribution is -2.23. The first kappa shape index (κ1) is 16.9. The molecule has 1 unspecified atom stereocenters. The van der Waals surface area contributed by atoms with Crippen molar-refractivity contribution in [1.29, 1.82) is 0 Å². The van der Waals surface area contributed by atoms with Gasteiger partial charge in [-0.3, -0.25) is 9.78 Å². The average Bonchev–Trinajstić information content (AvgIpc) is 3.09. The molecule has 1 N–H and O–H groups in total. The van der Waals surface area contributed by atoms with Gasteiger partial charge in [0.1, 0.15) is 24.3 Å². The molecule has 2 heterocycles. The van der Waals surface area contributed by atoms with Crippen molar-refractivity contribution in [2.45, 2.75) is 19.6 Å². The van der Waals surface area contributed by atoms with Crippen LogP contribution in [0, 0.1) is 0 Å². The first-order valence-corrected chi connectivity index (χ1v) is 7.97. The maximum atomic E-state index is 11.3. The second-order valence-corrected chi connectivity index (χ2v) is 5.69. The maximum absolute atomic E-state index is 11.3. The number of aliphatic hydroxyl groups excluding tert-OH is 1. The third-order valence-corrected chi connectivity index (χ3v) is 3.75. The Hall–Kier alpha value is -2.99. The summed E-state index contributed by atoms with van der Waals surface area (Å²) in [5, 5.41) is 10.3. The van der Waals surface area contributed by atoms with E-state index in [0.29, 0.717) is 17.9 Å². The number of hydrogen-bond donors (Lipinski definition) is 1. The van der Waals surface area contributed by atoms with Crippen LogP contribution >= 0.6 is 0 Å². The normalized spacial score (nSPS) is 11.9. The molecule has 1 aromatic carbocycles. The van der Waals surface area contributed by atoms with Gasteiger partial charge in [0.2, 0.25) is 0 Å². The Bertz CT molecular complexity index is 829. The van der Waals surface area contributed by atoms with E-state index in [-0.39, 0.29) is 12.4 Å². The molecule has 0 aliphatic carbocycles. The van der Waals surface area contributed by atoms with Crippen molar-refractivity contribution in [3.05, 3.63) is 66.7 Å². The number of carbonyl (C=O) groups excluding carboxylic acids is 1. The molecule has 0 aliphatic heterocycles. The van der Waals surface area contributed by atoms with Gasteiger partial charge in [-0.1, -0.05) is 0 Å². The lowest BCUT2D eigenvalue weighted by atomic mass is 10.1. The van der Waals surface area contributed by atoms with Crippen LogP contribution in [0.2, 0.25) is 0 Å². The largest absolute Gasteiger partial charge is 0.491 e. The van der Waals surface area contributed by atoms with Crippen molar-refractivity contribution in [3.63, 3.8) is 0 Å². The summed E-state index contributed by atoms with van der Waals surface area (Å²) in [6.45, 7) is 2.02. The van der Waals surface area contributed by atoms with E-state index in [1.165, 1.54) is 6.92 Å². The third kappa shape index (κ3) is 4.30. The van der Waals surface area contributed by atoms with Crippen LogP contribution in [0.4, 0.5) is 0 Å². The summed E-state index contributed by atoms with van der Waals surface area (Å²) in [5.41, 5.74) is 1.52. The molecule has 6 nitrogen and oxygen atoms in total. The lowest BCUT2D eigenvalue weighted by Gasteiger charge is -2.15. The van der Waals surface area contributed by atoms with Gasteiger partial charge in [0, 0.05) is 35.9 Å². The highest BCUT2D eigenvalue weighted by atomic mass is 16.5. The predicted octanol–water partition coefficient (Wildman–Crippen LogP) is 2.59. The van der Waals surface area contributed by atoms with Gasteiger partial charge < -0.3 is 14.4 Å². The summed E-state index contributed by atoms with van der Waals surface area (Å²) in [7, 11) is 0. The Labute approximate surface area is 145 Å². The number of nitrogens with zero attached hydrogens (tertiary/aromatic N) is 3. The number of ether oxygens (including phenoxy) is 1. The van der Waals surface area contributed by atoms with Crippen LogP contribution in [0.15, 0.2) is 61.2 Å². The van der Waals surface area contributed by atoms with Gasteiger partial charge in [0.15, 0.2) is 5.78 Å².